The Morgan fingerprint density at radius 3 is 2.53 bits per heavy atom. The maximum Gasteiger partial charge on any atom is 0.408 e. The predicted molar refractivity (Wildman–Crippen MR) is 66.9 cm³/mol. The Morgan fingerprint density at radius 2 is 2.00 bits per heavy atom. The van der Waals surface area contributed by atoms with Crippen molar-refractivity contribution < 1.29 is 15.0 Å². The van der Waals surface area contributed by atoms with Gasteiger partial charge in [0, 0.05) is 4.47 Å². The highest BCUT2D eigenvalue weighted by atomic mass is 79.9. The summed E-state index contributed by atoms with van der Waals surface area (Å²) in [4.78, 5) is 12.6. The van der Waals surface area contributed by atoms with Crippen LogP contribution in [0.5, 0.6) is 0 Å². The van der Waals surface area contributed by atoms with E-state index in [0.29, 0.717) is 6.42 Å². The van der Waals surface area contributed by atoms with Gasteiger partial charge in [0.2, 0.25) is 0 Å². The van der Waals surface area contributed by atoms with Gasteiger partial charge in [-0.3, -0.25) is 4.90 Å². The summed E-state index contributed by atoms with van der Waals surface area (Å²) in [6.45, 7) is -0.112. The molecule has 2 unspecified atom stereocenters. The fraction of sp³-hybridized carbons (Fsp3) is 0.417. The molecule has 0 aliphatic carbocycles. The number of rotatable bonds is 2. The van der Waals surface area contributed by atoms with E-state index in [0.717, 1.165) is 16.5 Å². The molecule has 1 aromatic carbocycles. The minimum absolute atomic E-state index is 0.112. The van der Waals surface area contributed by atoms with Gasteiger partial charge < -0.3 is 10.2 Å². The quantitative estimate of drug-likeness (QED) is 0.882. The van der Waals surface area contributed by atoms with Gasteiger partial charge >= 0.3 is 6.09 Å². The molecular formula is C12H14BrNO3. The highest BCUT2D eigenvalue weighted by Gasteiger charge is 2.37. The number of aliphatic hydroxyl groups is 1. The Bertz CT molecular complexity index is 407. The number of likely N-dealkylation sites (tertiary alicyclic amines) is 1. The minimum atomic E-state index is -0.963. The number of halogens is 1. The van der Waals surface area contributed by atoms with Gasteiger partial charge in [0.25, 0.3) is 0 Å². The second-order valence-corrected chi connectivity index (χ2v) is 5.09. The third-order valence-electron chi connectivity index (χ3n) is 3.19. The second kappa shape index (κ2) is 5.06. The molecule has 92 valence electrons. The zero-order chi connectivity index (χ0) is 12.4. The van der Waals surface area contributed by atoms with Gasteiger partial charge in [0.15, 0.2) is 0 Å². The number of nitrogens with zero attached hydrogens (tertiary/aromatic N) is 1. The lowest BCUT2D eigenvalue weighted by molar-refractivity contribution is 0.0998. The van der Waals surface area contributed by atoms with Crippen LogP contribution >= 0.6 is 15.9 Å². The van der Waals surface area contributed by atoms with Crippen molar-refractivity contribution in [2.24, 2.45) is 0 Å². The highest BCUT2D eigenvalue weighted by molar-refractivity contribution is 9.10. The summed E-state index contributed by atoms with van der Waals surface area (Å²) in [5.41, 5.74) is 0.978. The van der Waals surface area contributed by atoms with E-state index in [4.69, 9.17) is 0 Å². The van der Waals surface area contributed by atoms with Gasteiger partial charge in [-0.15, -0.1) is 0 Å². The summed E-state index contributed by atoms with van der Waals surface area (Å²) < 4.78 is 0.972. The lowest BCUT2D eigenvalue weighted by atomic mass is 10.1. The lowest BCUT2D eigenvalue weighted by Gasteiger charge is -2.26. The molecule has 0 aromatic heterocycles. The summed E-state index contributed by atoms with van der Waals surface area (Å²) in [7, 11) is 0. The highest BCUT2D eigenvalue weighted by Crippen LogP contribution is 2.36. The number of carbonyl (C=O) groups is 1. The molecule has 0 spiro atoms. The Labute approximate surface area is 108 Å². The number of amides is 1. The van der Waals surface area contributed by atoms with Gasteiger partial charge in [-0.05, 0) is 30.5 Å². The van der Waals surface area contributed by atoms with Crippen LogP contribution in [0.3, 0.4) is 0 Å². The molecule has 0 radical (unpaired) electrons. The van der Waals surface area contributed by atoms with E-state index >= 15 is 0 Å². The fourth-order valence-electron chi connectivity index (χ4n) is 2.36. The summed E-state index contributed by atoms with van der Waals surface area (Å²) in [6.07, 6.45) is 0.511. The van der Waals surface area contributed by atoms with Crippen LogP contribution in [0.2, 0.25) is 0 Å². The normalized spacial score (nSPS) is 24.0. The van der Waals surface area contributed by atoms with Crippen molar-refractivity contribution >= 4 is 22.0 Å². The Morgan fingerprint density at radius 1 is 1.35 bits per heavy atom. The molecule has 17 heavy (non-hydrogen) atoms. The molecule has 2 rings (SSSR count). The summed E-state index contributed by atoms with van der Waals surface area (Å²) in [6, 6.07) is 7.23. The van der Waals surface area contributed by atoms with E-state index in [1.807, 2.05) is 24.3 Å². The van der Waals surface area contributed by atoms with Crippen molar-refractivity contribution in [3.05, 3.63) is 34.3 Å². The molecule has 0 saturated carbocycles. The average molecular weight is 300 g/mol. The van der Waals surface area contributed by atoms with Crippen LogP contribution in [0.15, 0.2) is 28.7 Å². The minimum Gasteiger partial charge on any atom is -0.465 e. The predicted octanol–water partition coefficient (Wildman–Crippen LogP) is 2.62. The topological polar surface area (TPSA) is 60.8 Å². The molecule has 0 bridgehead atoms. The third-order valence-corrected chi connectivity index (χ3v) is 3.72. The van der Waals surface area contributed by atoms with Crippen molar-refractivity contribution in [1.29, 1.82) is 0 Å². The molecule has 1 fully saturated rings. The van der Waals surface area contributed by atoms with Gasteiger partial charge in [0.05, 0.1) is 18.7 Å². The van der Waals surface area contributed by atoms with E-state index in [1.165, 1.54) is 4.90 Å². The first-order valence-electron chi connectivity index (χ1n) is 5.51. The summed E-state index contributed by atoms with van der Waals surface area (Å²) in [5, 5.41) is 18.4. The molecule has 2 atom stereocenters. The van der Waals surface area contributed by atoms with E-state index in [-0.39, 0.29) is 18.7 Å². The third kappa shape index (κ3) is 2.45. The zero-order valence-electron chi connectivity index (χ0n) is 9.21. The summed E-state index contributed by atoms with van der Waals surface area (Å²) in [5.74, 6) is 0. The molecule has 1 aliphatic heterocycles. The smallest absolute Gasteiger partial charge is 0.408 e. The van der Waals surface area contributed by atoms with Crippen LogP contribution in [0.4, 0.5) is 4.79 Å². The molecule has 1 amide bonds. The number of benzene rings is 1. The SMILES string of the molecule is O=C(O)N1C(CO)CCC1c1ccc(Br)cc1. The molecule has 1 saturated heterocycles. The zero-order valence-corrected chi connectivity index (χ0v) is 10.8. The molecule has 4 nitrogen and oxygen atoms in total. The Balaban J connectivity index is 2.26. The van der Waals surface area contributed by atoms with E-state index in [1.54, 1.807) is 0 Å². The maximum atomic E-state index is 11.2. The van der Waals surface area contributed by atoms with Gasteiger partial charge in [-0.25, -0.2) is 4.79 Å². The first kappa shape index (κ1) is 12.4. The fourth-order valence-corrected chi connectivity index (χ4v) is 2.63. The first-order valence-corrected chi connectivity index (χ1v) is 6.30. The number of aliphatic hydroxyl groups excluding tert-OH is 1. The first-order chi connectivity index (χ1) is 8.13. The van der Waals surface area contributed by atoms with Crippen molar-refractivity contribution in [1.82, 2.24) is 4.90 Å². The standard InChI is InChI=1S/C12H14BrNO3/c13-9-3-1-8(2-4-9)11-6-5-10(7-15)14(11)12(16)17/h1-4,10-11,15H,5-7H2,(H,16,17). The van der Waals surface area contributed by atoms with Crippen LogP contribution in [-0.2, 0) is 0 Å². The van der Waals surface area contributed by atoms with Crippen LogP contribution < -0.4 is 0 Å². The molecule has 1 heterocycles. The van der Waals surface area contributed by atoms with Crippen LogP contribution in [0.1, 0.15) is 24.4 Å². The molecule has 2 N–H and O–H groups in total. The van der Waals surface area contributed by atoms with Crippen LogP contribution in [0, 0.1) is 0 Å². The van der Waals surface area contributed by atoms with Crippen molar-refractivity contribution in [2.75, 3.05) is 6.61 Å². The molecular weight excluding hydrogens is 286 g/mol. The van der Waals surface area contributed by atoms with E-state index in [2.05, 4.69) is 15.9 Å². The molecule has 1 aliphatic rings. The van der Waals surface area contributed by atoms with E-state index < -0.39 is 6.09 Å². The number of carboxylic acid groups (broad SMARTS) is 1. The maximum absolute atomic E-state index is 11.2. The number of hydrogen-bond donors (Lipinski definition) is 2. The second-order valence-electron chi connectivity index (χ2n) is 4.17. The van der Waals surface area contributed by atoms with Crippen LogP contribution in [-0.4, -0.2) is 33.9 Å². The van der Waals surface area contributed by atoms with Gasteiger partial charge in [0.1, 0.15) is 0 Å². The molecule has 1 aromatic rings. The van der Waals surface area contributed by atoms with Crippen LogP contribution in [0.25, 0.3) is 0 Å². The largest absolute Gasteiger partial charge is 0.465 e. The monoisotopic (exact) mass is 299 g/mol. The molecule has 5 heteroatoms. The van der Waals surface area contributed by atoms with Gasteiger partial charge in [-0.2, -0.15) is 0 Å². The summed E-state index contributed by atoms with van der Waals surface area (Å²) >= 11 is 3.35. The van der Waals surface area contributed by atoms with Crippen molar-refractivity contribution in [3.8, 4) is 0 Å². The van der Waals surface area contributed by atoms with E-state index in [9.17, 15) is 15.0 Å². The lowest BCUT2D eigenvalue weighted by Crippen LogP contribution is -2.38. The van der Waals surface area contributed by atoms with Crippen molar-refractivity contribution in [3.63, 3.8) is 0 Å². The Hall–Kier alpha value is -1.07. The average Bonchev–Trinajstić information content (AvgIpc) is 2.73. The Kier molecular flexibility index (Phi) is 3.69. The van der Waals surface area contributed by atoms with Gasteiger partial charge in [-0.1, -0.05) is 28.1 Å². The van der Waals surface area contributed by atoms with Crippen molar-refractivity contribution in [2.45, 2.75) is 24.9 Å². The number of hydrogen-bond acceptors (Lipinski definition) is 2.